The van der Waals surface area contributed by atoms with E-state index in [9.17, 15) is 0 Å². The quantitative estimate of drug-likeness (QED) is 0.731. The van der Waals surface area contributed by atoms with Crippen LogP contribution < -0.4 is 10.5 Å². The standard InChI is InChI=1S/C10H15NO2/c1-7-4-3-5-8(9(11)6-12)10(7)13-2/h3-5,9,12H,6,11H2,1-2H3/t9-/m1/s1. The summed E-state index contributed by atoms with van der Waals surface area (Å²) in [7, 11) is 1.61. The van der Waals surface area contributed by atoms with Gasteiger partial charge in [-0.05, 0) is 12.5 Å². The minimum absolute atomic E-state index is 0.0696. The van der Waals surface area contributed by atoms with Crippen molar-refractivity contribution >= 4 is 0 Å². The number of nitrogens with two attached hydrogens (primary N) is 1. The van der Waals surface area contributed by atoms with E-state index in [4.69, 9.17) is 15.6 Å². The molecule has 0 aromatic heterocycles. The van der Waals surface area contributed by atoms with Gasteiger partial charge in [0.25, 0.3) is 0 Å². The Kier molecular flexibility index (Phi) is 3.28. The Balaban J connectivity index is 3.12. The second-order valence-electron chi connectivity index (χ2n) is 2.99. The summed E-state index contributed by atoms with van der Waals surface area (Å²) in [6.45, 7) is 1.88. The number of hydrogen-bond donors (Lipinski definition) is 2. The largest absolute Gasteiger partial charge is 0.496 e. The lowest BCUT2D eigenvalue weighted by atomic mass is 10.0. The topological polar surface area (TPSA) is 55.5 Å². The summed E-state index contributed by atoms with van der Waals surface area (Å²) >= 11 is 0. The van der Waals surface area contributed by atoms with E-state index in [0.29, 0.717) is 0 Å². The Morgan fingerprint density at radius 1 is 1.54 bits per heavy atom. The average molecular weight is 181 g/mol. The number of hydrogen-bond acceptors (Lipinski definition) is 3. The SMILES string of the molecule is COc1c(C)cccc1[C@H](N)CO. The number of rotatable bonds is 3. The van der Waals surface area contributed by atoms with Crippen molar-refractivity contribution in [1.82, 2.24) is 0 Å². The molecule has 0 amide bonds. The van der Waals surface area contributed by atoms with Crippen LogP contribution in [0.4, 0.5) is 0 Å². The van der Waals surface area contributed by atoms with Crippen LogP contribution in [0.2, 0.25) is 0 Å². The van der Waals surface area contributed by atoms with E-state index in [-0.39, 0.29) is 12.6 Å². The molecule has 0 aliphatic heterocycles. The highest BCUT2D eigenvalue weighted by molar-refractivity contribution is 5.42. The van der Waals surface area contributed by atoms with Gasteiger partial charge < -0.3 is 15.6 Å². The lowest BCUT2D eigenvalue weighted by molar-refractivity contribution is 0.264. The minimum Gasteiger partial charge on any atom is -0.496 e. The molecular formula is C10H15NO2. The van der Waals surface area contributed by atoms with Crippen LogP contribution in [0, 0.1) is 6.92 Å². The molecule has 0 radical (unpaired) electrons. The molecule has 13 heavy (non-hydrogen) atoms. The fraction of sp³-hybridized carbons (Fsp3) is 0.400. The number of methoxy groups -OCH3 is 1. The van der Waals surface area contributed by atoms with Crippen LogP contribution >= 0.6 is 0 Å². The second kappa shape index (κ2) is 4.25. The second-order valence-corrected chi connectivity index (χ2v) is 2.99. The summed E-state index contributed by atoms with van der Waals surface area (Å²) in [5, 5.41) is 8.92. The van der Waals surface area contributed by atoms with E-state index in [2.05, 4.69) is 0 Å². The van der Waals surface area contributed by atoms with Gasteiger partial charge in [0.05, 0.1) is 19.8 Å². The normalized spacial score (nSPS) is 12.6. The maximum atomic E-state index is 8.92. The highest BCUT2D eigenvalue weighted by atomic mass is 16.5. The molecule has 1 aromatic carbocycles. The summed E-state index contributed by atoms with van der Waals surface area (Å²) < 4.78 is 5.21. The maximum absolute atomic E-state index is 8.92. The van der Waals surface area contributed by atoms with Crippen molar-refractivity contribution in [3.63, 3.8) is 0 Å². The Morgan fingerprint density at radius 3 is 2.77 bits per heavy atom. The zero-order valence-electron chi connectivity index (χ0n) is 7.95. The van der Waals surface area contributed by atoms with E-state index < -0.39 is 0 Å². The summed E-state index contributed by atoms with van der Waals surface area (Å²) in [5.41, 5.74) is 7.59. The maximum Gasteiger partial charge on any atom is 0.126 e. The predicted octanol–water partition coefficient (Wildman–Crippen LogP) is 0.996. The van der Waals surface area contributed by atoms with Gasteiger partial charge in [-0.2, -0.15) is 0 Å². The molecular weight excluding hydrogens is 166 g/mol. The van der Waals surface area contributed by atoms with Crippen LogP contribution in [0.5, 0.6) is 5.75 Å². The van der Waals surface area contributed by atoms with Gasteiger partial charge in [0.2, 0.25) is 0 Å². The third-order valence-corrected chi connectivity index (χ3v) is 2.04. The van der Waals surface area contributed by atoms with Crippen LogP contribution in [-0.4, -0.2) is 18.8 Å². The average Bonchev–Trinajstić information content (AvgIpc) is 2.16. The lowest BCUT2D eigenvalue weighted by Crippen LogP contribution is -2.15. The van der Waals surface area contributed by atoms with Crippen molar-refractivity contribution in [1.29, 1.82) is 0 Å². The smallest absolute Gasteiger partial charge is 0.126 e. The monoisotopic (exact) mass is 181 g/mol. The Hall–Kier alpha value is -1.06. The van der Waals surface area contributed by atoms with Gasteiger partial charge in [-0.3, -0.25) is 0 Å². The highest BCUT2D eigenvalue weighted by Crippen LogP contribution is 2.26. The van der Waals surface area contributed by atoms with Crippen LogP contribution in [-0.2, 0) is 0 Å². The van der Waals surface area contributed by atoms with E-state index in [1.54, 1.807) is 7.11 Å². The lowest BCUT2D eigenvalue weighted by Gasteiger charge is -2.15. The van der Waals surface area contributed by atoms with E-state index in [1.165, 1.54) is 0 Å². The van der Waals surface area contributed by atoms with Gasteiger partial charge in [-0.1, -0.05) is 18.2 Å². The molecule has 0 heterocycles. The van der Waals surface area contributed by atoms with E-state index in [0.717, 1.165) is 16.9 Å². The number of para-hydroxylation sites is 1. The Labute approximate surface area is 78.1 Å². The molecule has 3 heteroatoms. The number of benzene rings is 1. The van der Waals surface area contributed by atoms with Crippen molar-refractivity contribution in [2.24, 2.45) is 5.73 Å². The molecule has 0 saturated carbocycles. The molecule has 0 fully saturated rings. The molecule has 0 saturated heterocycles. The number of aliphatic hydroxyl groups excluding tert-OH is 1. The summed E-state index contributed by atoms with van der Waals surface area (Å²) in [5.74, 6) is 0.768. The van der Waals surface area contributed by atoms with Crippen molar-refractivity contribution in [2.75, 3.05) is 13.7 Å². The highest BCUT2D eigenvalue weighted by Gasteiger charge is 2.11. The van der Waals surface area contributed by atoms with E-state index in [1.807, 2.05) is 25.1 Å². The fourth-order valence-corrected chi connectivity index (χ4v) is 1.34. The Morgan fingerprint density at radius 2 is 2.23 bits per heavy atom. The van der Waals surface area contributed by atoms with Gasteiger partial charge in [0.15, 0.2) is 0 Å². The summed E-state index contributed by atoms with van der Waals surface area (Å²) in [6.07, 6.45) is 0. The number of aryl methyl sites for hydroxylation is 1. The number of ether oxygens (including phenoxy) is 1. The number of aliphatic hydroxyl groups is 1. The minimum atomic E-state index is -0.366. The first-order valence-electron chi connectivity index (χ1n) is 4.20. The van der Waals surface area contributed by atoms with Crippen molar-refractivity contribution < 1.29 is 9.84 Å². The zero-order chi connectivity index (χ0) is 9.84. The van der Waals surface area contributed by atoms with Crippen LogP contribution in [0.3, 0.4) is 0 Å². The van der Waals surface area contributed by atoms with Crippen molar-refractivity contribution in [2.45, 2.75) is 13.0 Å². The van der Waals surface area contributed by atoms with Crippen LogP contribution in [0.25, 0.3) is 0 Å². The van der Waals surface area contributed by atoms with E-state index >= 15 is 0 Å². The molecule has 0 unspecified atom stereocenters. The van der Waals surface area contributed by atoms with Gasteiger partial charge in [-0.25, -0.2) is 0 Å². The van der Waals surface area contributed by atoms with Gasteiger partial charge >= 0.3 is 0 Å². The first-order valence-corrected chi connectivity index (χ1v) is 4.20. The third kappa shape index (κ3) is 1.99. The van der Waals surface area contributed by atoms with Gasteiger partial charge in [-0.15, -0.1) is 0 Å². The fourth-order valence-electron chi connectivity index (χ4n) is 1.34. The molecule has 0 bridgehead atoms. The molecule has 1 aromatic rings. The third-order valence-electron chi connectivity index (χ3n) is 2.04. The summed E-state index contributed by atoms with van der Waals surface area (Å²) in [6, 6.07) is 5.36. The molecule has 0 spiro atoms. The molecule has 3 nitrogen and oxygen atoms in total. The molecule has 1 atom stereocenters. The molecule has 3 N–H and O–H groups in total. The van der Waals surface area contributed by atoms with Gasteiger partial charge in [0.1, 0.15) is 5.75 Å². The van der Waals surface area contributed by atoms with Gasteiger partial charge in [0, 0.05) is 5.56 Å². The van der Waals surface area contributed by atoms with Crippen LogP contribution in [0.15, 0.2) is 18.2 Å². The van der Waals surface area contributed by atoms with Crippen molar-refractivity contribution in [3.05, 3.63) is 29.3 Å². The first-order chi connectivity index (χ1) is 6.20. The van der Waals surface area contributed by atoms with Crippen molar-refractivity contribution in [3.8, 4) is 5.75 Å². The molecule has 1 rings (SSSR count). The first kappa shape index (κ1) is 10.0. The van der Waals surface area contributed by atoms with Crippen LogP contribution in [0.1, 0.15) is 17.2 Å². The molecule has 72 valence electrons. The molecule has 0 aliphatic carbocycles. The zero-order valence-corrected chi connectivity index (χ0v) is 7.95. The molecule has 0 aliphatic rings. The predicted molar refractivity (Wildman–Crippen MR) is 51.7 cm³/mol. The Bertz CT molecular complexity index is 286. The summed E-state index contributed by atoms with van der Waals surface area (Å²) in [4.78, 5) is 0.